The summed E-state index contributed by atoms with van der Waals surface area (Å²) in [6.07, 6.45) is 21.2. The van der Waals surface area contributed by atoms with E-state index in [2.05, 4.69) is 11.9 Å². The quantitative estimate of drug-likeness (QED) is 0.0801. The van der Waals surface area contributed by atoms with E-state index in [9.17, 15) is 4.79 Å². The molecule has 0 N–H and O–H groups in total. The highest BCUT2D eigenvalue weighted by molar-refractivity contribution is 5.82. The number of esters is 1. The van der Waals surface area contributed by atoms with Crippen LogP contribution in [0, 0.1) is 0 Å². The van der Waals surface area contributed by atoms with Gasteiger partial charge in [0.05, 0.1) is 13.5 Å². The maximum absolute atomic E-state index is 12.3. The van der Waals surface area contributed by atoms with E-state index in [1.165, 1.54) is 83.5 Å². The van der Waals surface area contributed by atoms with Crippen LogP contribution in [0.1, 0.15) is 108 Å². The van der Waals surface area contributed by atoms with Crippen molar-refractivity contribution in [2.45, 2.75) is 103 Å². The number of ether oxygens (including phenoxy) is 2. The lowest BCUT2D eigenvalue weighted by atomic mass is 10.0. The van der Waals surface area contributed by atoms with Gasteiger partial charge in [0.1, 0.15) is 0 Å². The molecule has 0 bridgehead atoms. The van der Waals surface area contributed by atoms with Crippen molar-refractivity contribution in [1.82, 2.24) is 0 Å². The van der Waals surface area contributed by atoms with Gasteiger partial charge in [-0.25, -0.2) is 0 Å². The Balaban J connectivity index is 1.54. The minimum atomic E-state index is -0.307. The Hall–Kier alpha value is -2.62. The molecule has 0 heterocycles. The molecule has 0 aliphatic heterocycles. The molecule has 2 rings (SSSR count). The van der Waals surface area contributed by atoms with Gasteiger partial charge in [-0.2, -0.15) is 0 Å². The zero-order chi connectivity index (χ0) is 25.7. The first-order chi connectivity index (χ1) is 17.7. The number of methoxy groups -OCH3 is 1. The number of nitrogens with zero attached hydrogens (tertiary/aromatic N) is 1. The van der Waals surface area contributed by atoms with Gasteiger partial charge in [-0.05, 0) is 35.7 Å². The van der Waals surface area contributed by atoms with Crippen LogP contribution in [0.2, 0.25) is 0 Å². The van der Waals surface area contributed by atoms with Crippen LogP contribution in [-0.4, -0.2) is 25.8 Å². The molecule has 0 aliphatic carbocycles. The van der Waals surface area contributed by atoms with Crippen LogP contribution in [0.25, 0.3) is 0 Å². The first-order valence-corrected chi connectivity index (χ1v) is 14.2. The van der Waals surface area contributed by atoms with Crippen molar-refractivity contribution in [3.8, 4) is 11.5 Å². The minimum Gasteiger partial charge on any atom is -0.493 e. The maximum atomic E-state index is 12.3. The minimum absolute atomic E-state index is 0.229. The van der Waals surface area contributed by atoms with E-state index in [1.54, 1.807) is 13.2 Å². The maximum Gasteiger partial charge on any atom is 0.315 e. The molecule has 0 saturated heterocycles. The number of carbonyl (C=O) groups excluding carboxylic acids is 1. The van der Waals surface area contributed by atoms with Crippen LogP contribution in [-0.2, 0) is 11.2 Å². The van der Waals surface area contributed by atoms with Crippen molar-refractivity contribution >= 4 is 12.2 Å². The summed E-state index contributed by atoms with van der Waals surface area (Å²) in [5, 5.41) is 0. The highest BCUT2D eigenvalue weighted by Crippen LogP contribution is 2.28. The summed E-state index contributed by atoms with van der Waals surface area (Å²) >= 11 is 0. The molecule has 2 aromatic rings. The second-order valence-electron chi connectivity index (χ2n) is 9.68. The number of unbranched alkanes of at least 4 members (excludes halogenated alkanes) is 13. The van der Waals surface area contributed by atoms with Crippen LogP contribution >= 0.6 is 0 Å². The lowest BCUT2D eigenvalue weighted by molar-refractivity contribution is -0.133. The molecule has 0 radical (unpaired) electrons. The Labute approximate surface area is 219 Å². The summed E-state index contributed by atoms with van der Waals surface area (Å²) in [5.41, 5.74) is 1.87. The number of aliphatic imine (C=N–C) groups is 1. The molecule has 0 aromatic heterocycles. The molecule has 0 amide bonds. The molecule has 0 aliphatic rings. The van der Waals surface area contributed by atoms with Crippen molar-refractivity contribution < 1.29 is 14.3 Å². The van der Waals surface area contributed by atoms with E-state index in [0.717, 1.165) is 24.1 Å². The molecule has 0 fully saturated rings. The smallest absolute Gasteiger partial charge is 0.315 e. The van der Waals surface area contributed by atoms with E-state index < -0.39 is 0 Å². The number of rotatable bonds is 20. The first kappa shape index (κ1) is 29.6. The fraction of sp³-hybridized carbons (Fsp3) is 0.562. The Morgan fingerprint density at radius 1 is 0.750 bits per heavy atom. The fourth-order valence-corrected chi connectivity index (χ4v) is 4.34. The van der Waals surface area contributed by atoms with Crippen molar-refractivity contribution in [3.63, 3.8) is 0 Å². The van der Waals surface area contributed by atoms with Crippen molar-refractivity contribution in [1.29, 1.82) is 0 Å². The number of hydrogen-bond acceptors (Lipinski definition) is 4. The third-order valence-corrected chi connectivity index (χ3v) is 6.48. The number of carbonyl (C=O) groups is 1. The SMILES string of the molecule is CCCCCCCCCCCCCCCCN=Cc1ccc(OC(=O)Cc2ccccc2)c(OC)c1. The van der Waals surface area contributed by atoms with Crippen molar-refractivity contribution in [2.24, 2.45) is 4.99 Å². The first-order valence-electron chi connectivity index (χ1n) is 14.2. The number of benzene rings is 2. The fourth-order valence-electron chi connectivity index (χ4n) is 4.34. The van der Waals surface area contributed by atoms with Crippen LogP contribution in [0.5, 0.6) is 11.5 Å². The molecule has 36 heavy (non-hydrogen) atoms. The van der Waals surface area contributed by atoms with Crippen LogP contribution in [0.4, 0.5) is 0 Å². The summed E-state index contributed by atoms with van der Waals surface area (Å²) in [5.74, 6) is 0.665. The lowest BCUT2D eigenvalue weighted by Crippen LogP contribution is -2.11. The molecule has 4 nitrogen and oxygen atoms in total. The lowest BCUT2D eigenvalue weighted by Gasteiger charge is -2.10. The molecule has 0 spiro atoms. The van der Waals surface area contributed by atoms with Gasteiger partial charge < -0.3 is 9.47 Å². The van der Waals surface area contributed by atoms with Gasteiger partial charge in [-0.3, -0.25) is 9.79 Å². The van der Waals surface area contributed by atoms with Gasteiger partial charge >= 0.3 is 5.97 Å². The van der Waals surface area contributed by atoms with Crippen molar-refractivity contribution in [3.05, 3.63) is 59.7 Å². The molecular weight excluding hydrogens is 446 g/mol. The van der Waals surface area contributed by atoms with Crippen LogP contribution in [0.3, 0.4) is 0 Å². The van der Waals surface area contributed by atoms with E-state index in [1.807, 2.05) is 48.7 Å². The summed E-state index contributed by atoms with van der Waals surface area (Å²) < 4.78 is 11.0. The summed E-state index contributed by atoms with van der Waals surface area (Å²) in [4.78, 5) is 16.8. The monoisotopic (exact) mass is 493 g/mol. The largest absolute Gasteiger partial charge is 0.493 e. The third kappa shape index (κ3) is 13.5. The summed E-state index contributed by atoms with van der Waals surface area (Å²) in [7, 11) is 1.58. The van der Waals surface area contributed by atoms with Gasteiger partial charge in [0.15, 0.2) is 11.5 Å². The molecule has 0 saturated carbocycles. The summed E-state index contributed by atoms with van der Waals surface area (Å²) in [6, 6.07) is 15.1. The second kappa shape index (κ2) is 19.6. The van der Waals surface area contributed by atoms with Gasteiger partial charge in [0.25, 0.3) is 0 Å². The van der Waals surface area contributed by atoms with E-state index in [0.29, 0.717) is 11.5 Å². The normalized spacial score (nSPS) is 11.2. The predicted molar refractivity (Wildman–Crippen MR) is 152 cm³/mol. The summed E-state index contributed by atoms with van der Waals surface area (Å²) in [6.45, 7) is 3.12. The van der Waals surface area contributed by atoms with Gasteiger partial charge in [-0.1, -0.05) is 121 Å². The molecule has 2 aromatic carbocycles. The number of hydrogen-bond donors (Lipinski definition) is 0. The van der Waals surface area contributed by atoms with E-state index in [-0.39, 0.29) is 12.4 Å². The molecular formula is C32H47NO3. The van der Waals surface area contributed by atoms with Gasteiger partial charge in [0, 0.05) is 12.8 Å². The Morgan fingerprint density at radius 3 is 1.92 bits per heavy atom. The van der Waals surface area contributed by atoms with Crippen LogP contribution < -0.4 is 9.47 Å². The second-order valence-corrected chi connectivity index (χ2v) is 9.68. The van der Waals surface area contributed by atoms with E-state index >= 15 is 0 Å². The Morgan fingerprint density at radius 2 is 1.33 bits per heavy atom. The third-order valence-electron chi connectivity index (χ3n) is 6.48. The Kier molecular flexibility index (Phi) is 16.1. The molecule has 0 atom stereocenters. The molecule has 4 heteroatoms. The van der Waals surface area contributed by atoms with Crippen LogP contribution in [0.15, 0.2) is 53.5 Å². The highest BCUT2D eigenvalue weighted by Gasteiger charge is 2.11. The van der Waals surface area contributed by atoms with Gasteiger partial charge in [-0.15, -0.1) is 0 Å². The zero-order valence-corrected chi connectivity index (χ0v) is 22.7. The molecule has 0 unspecified atom stereocenters. The average Bonchev–Trinajstić information content (AvgIpc) is 2.89. The molecule has 198 valence electrons. The van der Waals surface area contributed by atoms with E-state index in [4.69, 9.17) is 9.47 Å². The highest BCUT2D eigenvalue weighted by atomic mass is 16.6. The standard InChI is InChI=1S/C32H47NO3/c1-3-4-5-6-7-8-9-10-11-12-13-14-15-19-24-33-27-29-22-23-30(31(25-29)35-2)36-32(34)26-28-20-17-16-18-21-28/h16-18,20-23,25,27H,3-15,19,24,26H2,1-2H3. The van der Waals surface area contributed by atoms with Crippen molar-refractivity contribution in [2.75, 3.05) is 13.7 Å². The zero-order valence-electron chi connectivity index (χ0n) is 22.7. The Bertz CT molecular complexity index is 863. The average molecular weight is 494 g/mol. The topological polar surface area (TPSA) is 47.9 Å². The van der Waals surface area contributed by atoms with Gasteiger partial charge in [0.2, 0.25) is 0 Å². The predicted octanol–water partition coefficient (Wildman–Crippen LogP) is 8.74.